The summed E-state index contributed by atoms with van der Waals surface area (Å²) in [7, 11) is 0. The quantitative estimate of drug-likeness (QED) is 0.663. The van der Waals surface area contributed by atoms with Crippen LogP contribution in [-0.2, 0) is 6.61 Å². The number of ether oxygens (including phenoxy) is 2. The second-order valence-corrected chi connectivity index (χ2v) is 6.88. The van der Waals surface area contributed by atoms with E-state index < -0.39 is 6.29 Å². The van der Waals surface area contributed by atoms with Crippen molar-refractivity contribution in [3.63, 3.8) is 0 Å². The number of aliphatic hydroxyl groups excluding tert-OH is 1. The molecule has 0 aliphatic carbocycles. The van der Waals surface area contributed by atoms with Crippen LogP contribution < -0.4 is 9.47 Å². The van der Waals surface area contributed by atoms with E-state index in [1.807, 2.05) is 73.7 Å². The molecule has 0 radical (unpaired) electrons. The SMILES string of the molecule is Cc1c(OCc2cccc(Cl)c2)ccc2c1OC(O)C=C2c1ccccc1. The molecule has 3 nitrogen and oxygen atoms in total. The Hall–Kier alpha value is -2.75. The molecule has 4 rings (SSSR count). The summed E-state index contributed by atoms with van der Waals surface area (Å²) in [5.41, 5.74) is 4.78. The molecule has 0 spiro atoms. The summed E-state index contributed by atoms with van der Waals surface area (Å²) in [5, 5.41) is 10.9. The van der Waals surface area contributed by atoms with E-state index in [9.17, 15) is 5.11 Å². The molecule has 3 aromatic rings. The third-order valence-corrected chi connectivity index (χ3v) is 4.80. The Morgan fingerprint density at radius 3 is 2.63 bits per heavy atom. The van der Waals surface area contributed by atoms with Gasteiger partial charge in [-0.15, -0.1) is 0 Å². The van der Waals surface area contributed by atoms with Crippen LogP contribution in [0.25, 0.3) is 5.57 Å². The van der Waals surface area contributed by atoms with E-state index in [1.54, 1.807) is 6.08 Å². The first-order valence-corrected chi connectivity index (χ1v) is 9.13. The monoisotopic (exact) mass is 378 g/mol. The van der Waals surface area contributed by atoms with Gasteiger partial charge in [0.2, 0.25) is 6.29 Å². The molecule has 0 fully saturated rings. The van der Waals surface area contributed by atoms with Gasteiger partial charge in [-0.3, -0.25) is 0 Å². The minimum atomic E-state index is -0.991. The fraction of sp³-hybridized carbons (Fsp3) is 0.130. The van der Waals surface area contributed by atoms with Gasteiger partial charge in [-0.1, -0.05) is 54.1 Å². The highest BCUT2D eigenvalue weighted by atomic mass is 35.5. The van der Waals surface area contributed by atoms with Gasteiger partial charge in [0, 0.05) is 16.1 Å². The fourth-order valence-electron chi connectivity index (χ4n) is 3.24. The second kappa shape index (κ2) is 7.47. The van der Waals surface area contributed by atoms with Crippen molar-refractivity contribution >= 4 is 17.2 Å². The van der Waals surface area contributed by atoms with Crippen molar-refractivity contribution in [2.24, 2.45) is 0 Å². The molecule has 0 saturated carbocycles. The van der Waals surface area contributed by atoms with E-state index in [-0.39, 0.29) is 0 Å². The maximum absolute atomic E-state index is 10.2. The van der Waals surface area contributed by atoms with Gasteiger partial charge in [0.15, 0.2) is 0 Å². The number of benzene rings is 3. The fourth-order valence-corrected chi connectivity index (χ4v) is 3.45. The number of hydrogen-bond donors (Lipinski definition) is 1. The van der Waals surface area contributed by atoms with Gasteiger partial charge in [0.25, 0.3) is 0 Å². The van der Waals surface area contributed by atoms with E-state index in [0.717, 1.165) is 33.6 Å². The van der Waals surface area contributed by atoms with Gasteiger partial charge in [-0.2, -0.15) is 0 Å². The van der Waals surface area contributed by atoms with Crippen molar-refractivity contribution in [1.29, 1.82) is 0 Å². The van der Waals surface area contributed by atoms with Crippen molar-refractivity contribution in [3.8, 4) is 11.5 Å². The number of aliphatic hydroxyl groups is 1. The molecule has 0 aromatic heterocycles. The molecule has 0 amide bonds. The second-order valence-electron chi connectivity index (χ2n) is 6.44. The number of rotatable bonds is 4. The average molecular weight is 379 g/mol. The smallest absolute Gasteiger partial charge is 0.218 e. The van der Waals surface area contributed by atoms with Crippen LogP contribution in [0, 0.1) is 6.92 Å². The average Bonchev–Trinajstić information content (AvgIpc) is 2.68. The van der Waals surface area contributed by atoms with Crippen LogP contribution in [0.15, 0.2) is 72.8 Å². The molecule has 1 atom stereocenters. The van der Waals surface area contributed by atoms with E-state index in [1.165, 1.54) is 0 Å². The van der Waals surface area contributed by atoms with Crippen LogP contribution in [-0.4, -0.2) is 11.4 Å². The van der Waals surface area contributed by atoms with Crippen LogP contribution in [0.4, 0.5) is 0 Å². The largest absolute Gasteiger partial charge is 0.488 e. The molecule has 136 valence electrons. The molecule has 1 aliphatic rings. The summed E-state index contributed by atoms with van der Waals surface area (Å²) in [4.78, 5) is 0. The molecule has 27 heavy (non-hydrogen) atoms. The van der Waals surface area contributed by atoms with E-state index in [0.29, 0.717) is 17.4 Å². The summed E-state index contributed by atoms with van der Waals surface area (Å²) in [6.45, 7) is 2.34. The first-order valence-electron chi connectivity index (χ1n) is 8.75. The van der Waals surface area contributed by atoms with Crippen LogP contribution in [0.5, 0.6) is 11.5 Å². The minimum absolute atomic E-state index is 0.407. The lowest BCUT2D eigenvalue weighted by Crippen LogP contribution is -2.19. The Bertz CT molecular complexity index is 996. The lowest BCUT2D eigenvalue weighted by atomic mass is 9.93. The normalized spacial score (nSPS) is 15.5. The molecule has 1 unspecified atom stereocenters. The standard InChI is InChI=1S/C23H19ClO3/c1-15-21(26-14-16-6-5-9-18(24)12-16)11-10-19-20(13-22(25)27-23(15)19)17-7-3-2-4-8-17/h2-13,22,25H,14H2,1H3. The number of halogens is 1. The third-order valence-electron chi connectivity index (χ3n) is 4.56. The van der Waals surface area contributed by atoms with Crippen LogP contribution >= 0.6 is 11.6 Å². The first-order chi connectivity index (χ1) is 13.1. The Morgan fingerprint density at radius 1 is 1.04 bits per heavy atom. The molecule has 0 bridgehead atoms. The minimum Gasteiger partial charge on any atom is -0.488 e. The van der Waals surface area contributed by atoms with Gasteiger partial charge >= 0.3 is 0 Å². The summed E-state index contributed by atoms with van der Waals surface area (Å²) >= 11 is 6.03. The zero-order chi connectivity index (χ0) is 18.8. The van der Waals surface area contributed by atoms with Crippen LogP contribution in [0.2, 0.25) is 5.02 Å². The molecule has 1 N–H and O–H groups in total. The zero-order valence-electron chi connectivity index (χ0n) is 14.9. The van der Waals surface area contributed by atoms with Crippen molar-refractivity contribution in [1.82, 2.24) is 0 Å². The van der Waals surface area contributed by atoms with Gasteiger partial charge < -0.3 is 14.6 Å². The maximum atomic E-state index is 10.2. The highest BCUT2D eigenvalue weighted by Gasteiger charge is 2.23. The third kappa shape index (κ3) is 3.70. The topological polar surface area (TPSA) is 38.7 Å². The summed E-state index contributed by atoms with van der Waals surface area (Å²) < 4.78 is 11.7. The highest BCUT2D eigenvalue weighted by molar-refractivity contribution is 6.30. The van der Waals surface area contributed by atoms with E-state index in [4.69, 9.17) is 21.1 Å². The zero-order valence-corrected chi connectivity index (χ0v) is 15.6. The molecular weight excluding hydrogens is 360 g/mol. The van der Waals surface area contributed by atoms with E-state index >= 15 is 0 Å². The molecule has 4 heteroatoms. The van der Waals surface area contributed by atoms with E-state index in [2.05, 4.69) is 0 Å². The Labute approximate surface area is 163 Å². The van der Waals surface area contributed by atoms with Gasteiger partial charge in [-0.05, 0) is 54.0 Å². The molecule has 0 saturated heterocycles. The van der Waals surface area contributed by atoms with Crippen molar-refractivity contribution in [3.05, 3.63) is 100 Å². The van der Waals surface area contributed by atoms with Crippen molar-refractivity contribution < 1.29 is 14.6 Å². The molecular formula is C23H19ClO3. The Morgan fingerprint density at radius 2 is 1.85 bits per heavy atom. The predicted octanol–water partition coefficient (Wildman–Crippen LogP) is 5.37. The van der Waals surface area contributed by atoms with Crippen molar-refractivity contribution in [2.45, 2.75) is 19.8 Å². The Kier molecular flexibility index (Phi) is 4.88. The predicted molar refractivity (Wildman–Crippen MR) is 107 cm³/mol. The summed E-state index contributed by atoms with van der Waals surface area (Å²) in [6, 6.07) is 21.5. The van der Waals surface area contributed by atoms with Gasteiger partial charge in [0.05, 0.1) is 0 Å². The summed E-state index contributed by atoms with van der Waals surface area (Å²) in [6.07, 6.45) is 0.735. The number of hydrogen-bond acceptors (Lipinski definition) is 3. The number of fused-ring (bicyclic) bond motifs is 1. The highest BCUT2D eigenvalue weighted by Crippen LogP contribution is 2.41. The van der Waals surface area contributed by atoms with Gasteiger partial charge in [-0.25, -0.2) is 0 Å². The molecule has 3 aromatic carbocycles. The lowest BCUT2D eigenvalue weighted by molar-refractivity contribution is 0.0218. The lowest BCUT2D eigenvalue weighted by Gasteiger charge is -2.25. The maximum Gasteiger partial charge on any atom is 0.218 e. The van der Waals surface area contributed by atoms with Crippen LogP contribution in [0.1, 0.15) is 22.3 Å². The van der Waals surface area contributed by atoms with Gasteiger partial charge in [0.1, 0.15) is 18.1 Å². The first kappa shape index (κ1) is 17.7. The van der Waals surface area contributed by atoms with Crippen LogP contribution in [0.3, 0.4) is 0 Å². The summed E-state index contributed by atoms with van der Waals surface area (Å²) in [5.74, 6) is 1.36. The molecule has 1 aliphatic heterocycles. The van der Waals surface area contributed by atoms with Crippen molar-refractivity contribution in [2.75, 3.05) is 0 Å². The molecule has 1 heterocycles. The Balaban J connectivity index is 1.65.